The van der Waals surface area contributed by atoms with Crippen LogP contribution < -0.4 is 0 Å². The molecule has 3 rings (SSSR count). The van der Waals surface area contributed by atoms with Crippen LogP contribution in [0.4, 0.5) is 5.69 Å². The molecule has 1 aliphatic heterocycles. The van der Waals surface area contributed by atoms with E-state index < -0.39 is 22.7 Å². The van der Waals surface area contributed by atoms with Crippen LogP contribution in [-0.2, 0) is 9.59 Å². The van der Waals surface area contributed by atoms with Crippen molar-refractivity contribution < 1.29 is 19.6 Å². The largest absolute Gasteiger partial charge is 0.507 e. The average Bonchev–Trinajstić information content (AvgIpc) is 2.85. The molecule has 7 nitrogen and oxygen atoms in total. The lowest BCUT2D eigenvalue weighted by molar-refractivity contribution is -0.385. The van der Waals surface area contributed by atoms with Gasteiger partial charge < -0.3 is 10.0 Å². The van der Waals surface area contributed by atoms with E-state index in [1.165, 1.54) is 25.2 Å². The maximum Gasteiger partial charge on any atom is 0.295 e. The molecule has 1 heterocycles. The molecule has 2 aromatic rings. The van der Waals surface area contributed by atoms with Crippen molar-refractivity contribution in [3.05, 3.63) is 79.8 Å². The van der Waals surface area contributed by atoms with Crippen LogP contribution in [0.2, 0.25) is 0 Å². The number of nitro benzene ring substituents is 1. The average molecular weight is 417 g/mol. The summed E-state index contributed by atoms with van der Waals surface area (Å²) in [5.41, 5.74) is 0.100. The lowest BCUT2D eigenvalue weighted by atomic mass is 9.94. The summed E-state index contributed by atoms with van der Waals surface area (Å²) in [7, 11) is 1.38. The molecular formula is C18H13BrN2O5. The molecule has 1 N–H and O–H groups in total. The van der Waals surface area contributed by atoms with Gasteiger partial charge in [0, 0.05) is 23.2 Å². The number of aliphatic hydroxyl groups excluding tert-OH is 1. The highest BCUT2D eigenvalue weighted by Crippen LogP contribution is 2.41. The third-order valence-electron chi connectivity index (χ3n) is 4.22. The molecule has 0 aliphatic carbocycles. The van der Waals surface area contributed by atoms with E-state index >= 15 is 0 Å². The highest BCUT2D eigenvalue weighted by molar-refractivity contribution is 9.10. The minimum absolute atomic E-state index is 0.165. The molecular weight excluding hydrogens is 404 g/mol. The number of Topliss-reactive ketones (excluding diaryl/α,β-unsaturated/α-hetero) is 1. The van der Waals surface area contributed by atoms with E-state index in [4.69, 9.17) is 0 Å². The predicted octanol–water partition coefficient (Wildman–Crippen LogP) is 3.41. The topological polar surface area (TPSA) is 101 Å². The van der Waals surface area contributed by atoms with Crippen molar-refractivity contribution in [3.63, 3.8) is 0 Å². The number of benzene rings is 2. The smallest absolute Gasteiger partial charge is 0.295 e. The zero-order valence-corrected chi connectivity index (χ0v) is 15.1. The normalized spacial score (nSPS) is 19.0. The first-order valence-corrected chi connectivity index (χ1v) is 8.36. The van der Waals surface area contributed by atoms with Gasteiger partial charge in [-0.15, -0.1) is 0 Å². The van der Waals surface area contributed by atoms with Crippen LogP contribution >= 0.6 is 15.9 Å². The summed E-state index contributed by atoms with van der Waals surface area (Å²) < 4.78 is 0.778. The van der Waals surface area contributed by atoms with Crippen molar-refractivity contribution >= 4 is 39.1 Å². The number of halogens is 1. The molecule has 1 fully saturated rings. The molecule has 0 radical (unpaired) electrons. The standard InChI is InChI=1S/C18H13BrN2O5/c1-20-15(12-4-2-3-5-13(12)21(25)26)14(17(23)18(20)24)16(22)10-6-8-11(19)9-7-10/h2-9,15,22H,1H3/b16-14+. The van der Waals surface area contributed by atoms with E-state index in [1.807, 2.05) is 0 Å². The van der Waals surface area contributed by atoms with Gasteiger partial charge in [-0.2, -0.15) is 0 Å². The summed E-state index contributed by atoms with van der Waals surface area (Å²) >= 11 is 3.28. The van der Waals surface area contributed by atoms with Crippen molar-refractivity contribution in [1.82, 2.24) is 4.90 Å². The SMILES string of the molecule is CN1C(=O)C(=O)/C(=C(/O)c2ccc(Br)cc2)C1c1ccccc1[N+](=O)[O-]. The van der Waals surface area contributed by atoms with Crippen molar-refractivity contribution in [2.24, 2.45) is 0 Å². The van der Waals surface area contributed by atoms with Crippen LogP contribution in [0.3, 0.4) is 0 Å². The molecule has 8 heteroatoms. The number of nitro groups is 1. The molecule has 0 spiro atoms. The van der Waals surface area contributed by atoms with E-state index in [-0.39, 0.29) is 22.6 Å². The zero-order valence-electron chi connectivity index (χ0n) is 13.5. The summed E-state index contributed by atoms with van der Waals surface area (Å²) in [4.78, 5) is 36.6. The molecule has 0 bridgehead atoms. The van der Waals surface area contributed by atoms with Crippen LogP contribution in [-0.4, -0.2) is 33.7 Å². The first-order valence-electron chi connectivity index (χ1n) is 7.56. The fourth-order valence-corrected chi connectivity index (χ4v) is 3.22. The van der Waals surface area contributed by atoms with Crippen LogP contribution in [0, 0.1) is 10.1 Å². The molecule has 26 heavy (non-hydrogen) atoms. The molecule has 132 valence electrons. The number of ketones is 1. The number of hydrogen-bond donors (Lipinski definition) is 1. The second-order valence-corrected chi connectivity index (χ2v) is 6.65. The predicted molar refractivity (Wildman–Crippen MR) is 97.3 cm³/mol. The van der Waals surface area contributed by atoms with Crippen LogP contribution in [0.15, 0.2) is 58.6 Å². The van der Waals surface area contributed by atoms with Gasteiger partial charge in [-0.05, 0) is 18.2 Å². The third kappa shape index (κ3) is 2.88. The number of carbonyl (C=O) groups excluding carboxylic acids is 2. The second-order valence-electron chi connectivity index (χ2n) is 5.73. The minimum atomic E-state index is -1.04. The Kier molecular flexibility index (Phi) is 4.60. The zero-order chi connectivity index (χ0) is 19.0. The fourth-order valence-electron chi connectivity index (χ4n) is 2.96. The lowest BCUT2D eigenvalue weighted by Crippen LogP contribution is -2.25. The maximum atomic E-state index is 12.5. The van der Waals surface area contributed by atoms with Gasteiger partial charge in [0.25, 0.3) is 17.4 Å². The molecule has 1 aliphatic rings. The van der Waals surface area contributed by atoms with Gasteiger partial charge in [0.15, 0.2) is 0 Å². The van der Waals surface area contributed by atoms with Crippen molar-refractivity contribution in [2.75, 3.05) is 7.05 Å². The quantitative estimate of drug-likeness (QED) is 0.271. The van der Waals surface area contributed by atoms with E-state index in [1.54, 1.807) is 30.3 Å². The second kappa shape index (κ2) is 6.72. The Labute approximate surface area is 156 Å². The molecule has 1 unspecified atom stereocenters. The van der Waals surface area contributed by atoms with E-state index in [2.05, 4.69) is 15.9 Å². The summed E-state index contributed by atoms with van der Waals surface area (Å²) in [6, 6.07) is 11.3. The molecule has 2 aromatic carbocycles. The maximum absolute atomic E-state index is 12.5. The number of nitrogens with zero attached hydrogens (tertiary/aromatic N) is 2. The van der Waals surface area contributed by atoms with Gasteiger partial charge in [0.2, 0.25) is 0 Å². The Morgan fingerprint density at radius 1 is 1.15 bits per heavy atom. The van der Waals surface area contributed by atoms with Crippen LogP contribution in [0.1, 0.15) is 17.2 Å². The molecule has 1 amide bonds. The van der Waals surface area contributed by atoms with Crippen LogP contribution in [0.5, 0.6) is 0 Å². The number of likely N-dealkylation sites (N-methyl/N-ethyl adjacent to an activating group) is 1. The highest BCUT2D eigenvalue weighted by atomic mass is 79.9. The Bertz CT molecular complexity index is 952. The first kappa shape index (κ1) is 17.8. The Balaban J connectivity index is 2.24. The monoisotopic (exact) mass is 416 g/mol. The number of amides is 1. The summed E-state index contributed by atoms with van der Waals surface area (Å²) in [6.07, 6.45) is 0. The fraction of sp³-hybridized carbons (Fsp3) is 0.111. The van der Waals surface area contributed by atoms with Gasteiger partial charge >= 0.3 is 0 Å². The number of para-hydroxylation sites is 1. The molecule has 1 saturated heterocycles. The summed E-state index contributed by atoms with van der Waals surface area (Å²) in [5.74, 6) is -2.08. The molecule has 0 saturated carbocycles. The van der Waals surface area contributed by atoms with Gasteiger partial charge in [-0.3, -0.25) is 19.7 Å². The van der Waals surface area contributed by atoms with Gasteiger partial charge in [0.05, 0.1) is 22.1 Å². The third-order valence-corrected chi connectivity index (χ3v) is 4.75. The number of carbonyl (C=O) groups is 2. The Morgan fingerprint density at radius 2 is 1.77 bits per heavy atom. The first-order chi connectivity index (χ1) is 12.3. The van der Waals surface area contributed by atoms with Crippen LogP contribution in [0.25, 0.3) is 5.76 Å². The van der Waals surface area contributed by atoms with E-state index in [9.17, 15) is 24.8 Å². The number of aliphatic hydroxyl groups is 1. The summed E-state index contributed by atoms with van der Waals surface area (Å²) in [5, 5.41) is 22.0. The van der Waals surface area contributed by atoms with E-state index in [0.717, 1.165) is 9.37 Å². The van der Waals surface area contributed by atoms with Crippen molar-refractivity contribution in [3.8, 4) is 0 Å². The van der Waals surface area contributed by atoms with Gasteiger partial charge in [-0.1, -0.05) is 40.2 Å². The van der Waals surface area contributed by atoms with Gasteiger partial charge in [-0.25, -0.2) is 0 Å². The number of rotatable bonds is 3. The minimum Gasteiger partial charge on any atom is -0.507 e. The lowest BCUT2D eigenvalue weighted by Gasteiger charge is -2.20. The number of hydrogen-bond acceptors (Lipinski definition) is 5. The Hall–Kier alpha value is -3.00. The molecule has 1 atom stereocenters. The van der Waals surface area contributed by atoms with E-state index in [0.29, 0.717) is 5.56 Å². The highest BCUT2D eigenvalue weighted by Gasteiger charge is 2.46. The Morgan fingerprint density at radius 3 is 2.38 bits per heavy atom. The molecule has 0 aromatic heterocycles. The van der Waals surface area contributed by atoms with Crippen molar-refractivity contribution in [1.29, 1.82) is 0 Å². The summed E-state index contributed by atoms with van der Waals surface area (Å²) in [6.45, 7) is 0. The van der Waals surface area contributed by atoms with Crippen molar-refractivity contribution in [2.45, 2.75) is 6.04 Å². The number of likely N-dealkylation sites (tertiary alicyclic amines) is 1. The van der Waals surface area contributed by atoms with Gasteiger partial charge in [0.1, 0.15) is 5.76 Å².